The highest BCUT2D eigenvalue weighted by Gasteiger charge is 2.21. The van der Waals surface area contributed by atoms with Crippen LogP contribution in [0.5, 0.6) is 5.75 Å². The fraction of sp³-hybridized carbons (Fsp3) is 0.571. The molecule has 0 radical (unpaired) electrons. The summed E-state index contributed by atoms with van der Waals surface area (Å²) in [5.41, 5.74) is 1.39. The molecule has 2 nitrogen and oxygen atoms in total. The Kier molecular flexibility index (Phi) is 4.75. The zero-order chi connectivity index (χ0) is 12.1. The lowest BCUT2D eigenvalue weighted by Gasteiger charge is -2.33. The molecule has 0 spiro atoms. The number of piperidine rings is 1. The van der Waals surface area contributed by atoms with Gasteiger partial charge in [0.2, 0.25) is 0 Å². The highest BCUT2D eigenvalue weighted by atomic mass is 32.2. The fourth-order valence-electron chi connectivity index (χ4n) is 2.42. The molecule has 1 saturated heterocycles. The largest absolute Gasteiger partial charge is 0.497 e. The van der Waals surface area contributed by atoms with Gasteiger partial charge in [-0.15, -0.1) is 11.8 Å². The molecule has 1 atom stereocenters. The first-order valence-electron chi connectivity index (χ1n) is 6.26. The van der Waals surface area contributed by atoms with E-state index in [0.717, 1.165) is 5.75 Å². The molecule has 94 valence electrons. The normalized spacial score (nSPS) is 18.9. The van der Waals surface area contributed by atoms with Crippen LogP contribution in [0, 0.1) is 0 Å². The minimum absolute atomic E-state index is 0.501. The molecule has 3 heteroatoms. The van der Waals surface area contributed by atoms with Crippen LogP contribution < -0.4 is 4.74 Å². The van der Waals surface area contributed by atoms with Gasteiger partial charge in [-0.25, -0.2) is 0 Å². The van der Waals surface area contributed by atoms with Crippen molar-refractivity contribution < 1.29 is 4.74 Å². The maximum absolute atomic E-state index is 5.21. The van der Waals surface area contributed by atoms with Crippen molar-refractivity contribution in [1.29, 1.82) is 0 Å². The molecule has 1 aromatic carbocycles. The standard InChI is InChI=1S/C14H21NOS/c1-16-13-8-6-12(7-9-13)14(17-2)15-10-4-3-5-11-15/h6-9,14H,3-5,10-11H2,1-2H3. The number of thioether (sulfide) groups is 1. The molecular weight excluding hydrogens is 230 g/mol. The first-order valence-corrected chi connectivity index (χ1v) is 7.54. The van der Waals surface area contributed by atoms with Crippen molar-refractivity contribution in [2.75, 3.05) is 26.5 Å². The molecule has 0 saturated carbocycles. The molecule has 0 aromatic heterocycles. The number of likely N-dealkylation sites (tertiary alicyclic amines) is 1. The first-order chi connectivity index (χ1) is 8.35. The van der Waals surface area contributed by atoms with E-state index in [4.69, 9.17) is 4.74 Å². The lowest BCUT2D eigenvalue weighted by atomic mass is 10.1. The Morgan fingerprint density at radius 1 is 1.12 bits per heavy atom. The highest BCUT2D eigenvalue weighted by molar-refractivity contribution is 7.98. The van der Waals surface area contributed by atoms with Crippen molar-refractivity contribution in [2.24, 2.45) is 0 Å². The summed E-state index contributed by atoms with van der Waals surface area (Å²) in [7, 11) is 1.71. The predicted octanol–water partition coefficient (Wildman–Crippen LogP) is 3.54. The van der Waals surface area contributed by atoms with Crippen LogP contribution in [-0.4, -0.2) is 31.4 Å². The summed E-state index contributed by atoms with van der Waals surface area (Å²) >= 11 is 1.93. The van der Waals surface area contributed by atoms with Gasteiger partial charge in [-0.2, -0.15) is 0 Å². The number of rotatable bonds is 4. The second kappa shape index (κ2) is 6.31. The van der Waals surface area contributed by atoms with Gasteiger partial charge in [-0.05, 0) is 49.9 Å². The van der Waals surface area contributed by atoms with Crippen LogP contribution in [0.4, 0.5) is 0 Å². The number of ether oxygens (including phenoxy) is 1. The van der Waals surface area contributed by atoms with Gasteiger partial charge < -0.3 is 4.74 Å². The molecule has 1 fully saturated rings. The van der Waals surface area contributed by atoms with Crippen molar-refractivity contribution in [3.8, 4) is 5.75 Å². The number of benzene rings is 1. The van der Waals surface area contributed by atoms with E-state index < -0.39 is 0 Å². The van der Waals surface area contributed by atoms with Crippen molar-refractivity contribution in [2.45, 2.75) is 24.6 Å². The molecule has 2 rings (SSSR count). The zero-order valence-corrected chi connectivity index (χ0v) is 11.5. The van der Waals surface area contributed by atoms with E-state index >= 15 is 0 Å². The molecule has 0 aliphatic carbocycles. The van der Waals surface area contributed by atoms with Crippen molar-refractivity contribution in [1.82, 2.24) is 4.90 Å². The Morgan fingerprint density at radius 3 is 2.29 bits per heavy atom. The minimum atomic E-state index is 0.501. The molecule has 0 bridgehead atoms. The van der Waals surface area contributed by atoms with E-state index in [0.29, 0.717) is 5.37 Å². The lowest BCUT2D eigenvalue weighted by Crippen LogP contribution is -2.32. The number of hydrogen-bond acceptors (Lipinski definition) is 3. The number of hydrogen-bond donors (Lipinski definition) is 0. The van der Waals surface area contributed by atoms with Crippen LogP contribution in [-0.2, 0) is 0 Å². The summed E-state index contributed by atoms with van der Waals surface area (Å²) in [5, 5.41) is 0.501. The molecule has 1 heterocycles. The van der Waals surface area contributed by atoms with Gasteiger partial charge in [-0.3, -0.25) is 4.90 Å². The Morgan fingerprint density at radius 2 is 1.76 bits per heavy atom. The van der Waals surface area contributed by atoms with Gasteiger partial charge in [0.05, 0.1) is 12.5 Å². The zero-order valence-electron chi connectivity index (χ0n) is 10.7. The number of nitrogens with zero attached hydrogens (tertiary/aromatic N) is 1. The summed E-state index contributed by atoms with van der Waals surface area (Å²) < 4.78 is 5.21. The van der Waals surface area contributed by atoms with E-state index in [1.807, 2.05) is 11.8 Å². The van der Waals surface area contributed by atoms with Crippen LogP contribution >= 0.6 is 11.8 Å². The SMILES string of the molecule is COc1ccc(C(SC)N2CCCCC2)cc1. The van der Waals surface area contributed by atoms with Gasteiger partial charge >= 0.3 is 0 Å². The molecule has 1 aromatic rings. The molecular formula is C14H21NOS. The van der Waals surface area contributed by atoms with E-state index in [2.05, 4.69) is 35.4 Å². The molecule has 17 heavy (non-hydrogen) atoms. The van der Waals surface area contributed by atoms with E-state index in [1.54, 1.807) is 7.11 Å². The third kappa shape index (κ3) is 3.17. The average Bonchev–Trinajstić information content (AvgIpc) is 2.42. The Balaban J connectivity index is 2.10. The monoisotopic (exact) mass is 251 g/mol. The van der Waals surface area contributed by atoms with Crippen LogP contribution in [0.2, 0.25) is 0 Å². The van der Waals surface area contributed by atoms with E-state index in [1.165, 1.54) is 37.9 Å². The third-order valence-corrected chi connectivity index (χ3v) is 4.36. The topological polar surface area (TPSA) is 12.5 Å². The van der Waals surface area contributed by atoms with Gasteiger partial charge in [0, 0.05) is 0 Å². The lowest BCUT2D eigenvalue weighted by molar-refractivity contribution is 0.215. The maximum Gasteiger partial charge on any atom is 0.118 e. The van der Waals surface area contributed by atoms with Crippen molar-refractivity contribution >= 4 is 11.8 Å². The van der Waals surface area contributed by atoms with E-state index in [9.17, 15) is 0 Å². The van der Waals surface area contributed by atoms with E-state index in [-0.39, 0.29) is 0 Å². The predicted molar refractivity (Wildman–Crippen MR) is 74.7 cm³/mol. The molecule has 1 aliphatic heterocycles. The second-order valence-corrected chi connectivity index (χ2v) is 5.38. The van der Waals surface area contributed by atoms with Crippen LogP contribution in [0.15, 0.2) is 24.3 Å². The van der Waals surface area contributed by atoms with Crippen molar-refractivity contribution in [3.63, 3.8) is 0 Å². The average molecular weight is 251 g/mol. The highest BCUT2D eigenvalue weighted by Crippen LogP contribution is 2.33. The number of methoxy groups -OCH3 is 1. The third-order valence-electron chi connectivity index (χ3n) is 3.35. The van der Waals surface area contributed by atoms with Gasteiger partial charge in [0.1, 0.15) is 5.75 Å². The Bertz CT molecular complexity index is 333. The van der Waals surface area contributed by atoms with Crippen molar-refractivity contribution in [3.05, 3.63) is 29.8 Å². The van der Waals surface area contributed by atoms with Crippen LogP contribution in [0.1, 0.15) is 30.2 Å². The Labute approximate surface area is 108 Å². The van der Waals surface area contributed by atoms with Crippen LogP contribution in [0.25, 0.3) is 0 Å². The molecule has 1 unspecified atom stereocenters. The molecule has 0 amide bonds. The molecule has 0 N–H and O–H groups in total. The minimum Gasteiger partial charge on any atom is -0.497 e. The van der Waals surface area contributed by atoms with Gasteiger partial charge in [-0.1, -0.05) is 18.6 Å². The van der Waals surface area contributed by atoms with Gasteiger partial charge in [0.15, 0.2) is 0 Å². The second-order valence-electron chi connectivity index (χ2n) is 4.46. The van der Waals surface area contributed by atoms with Crippen LogP contribution in [0.3, 0.4) is 0 Å². The molecule has 1 aliphatic rings. The summed E-state index contributed by atoms with van der Waals surface area (Å²) in [6.07, 6.45) is 6.27. The summed E-state index contributed by atoms with van der Waals surface area (Å²) in [5.74, 6) is 0.937. The Hall–Kier alpha value is -0.670. The first kappa shape index (κ1) is 12.8. The van der Waals surface area contributed by atoms with Gasteiger partial charge in [0.25, 0.3) is 0 Å². The summed E-state index contributed by atoms with van der Waals surface area (Å²) in [6, 6.07) is 8.49. The smallest absolute Gasteiger partial charge is 0.118 e. The quantitative estimate of drug-likeness (QED) is 0.812. The summed E-state index contributed by atoms with van der Waals surface area (Å²) in [6.45, 7) is 2.47. The maximum atomic E-state index is 5.21. The fourth-order valence-corrected chi connectivity index (χ4v) is 3.36. The summed E-state index contributed by atoms with van der Waals surface area (Å²) in [4.78, 5) is 2.59.